The molecular weight excluding hydrogens is 368 g/mol. The van der Waals surface area contributed by atoms with Crippen LogP contribution in [0.25, 0.3) is 11.6 Å². The van der Waals surface area contributed by atoms with Crippen molar-refractivity contribution in [2.75, 3.05) is 20.2 Å². The minimum Gasteiger partial charge on any atom is -0.489 e. The van der Waals surface area contributed by atoms with Crippen molar-refractivity contribution in [2.45, 2.75) is 13.0 Å². The molecule has 0 saturated carbocycles. The van der Waals surface area contributed by atoms with Crippen LogP contribution in [0.4, 0.5) is 0 Å². The van der Waals surface area contributed by atoms with Gasteiger partial charge in [0.05, 0.1) is 0 Å². The lowest BCUT2D eigenvalue weighted by Gasteiger charge is -2.14. The summed E-state index contributed by atoms with van der Waals surface area (Å²) in [6, 6.07) is 13.4. The molecule has 0 bridgehead atoms. The van der Waals surface area contributed by atoms with E-state index in [4.69, 9.17) is 9.26 Å². The van der Waals surface area contributed by atoms with Crippen molar-refractivity contribution in [3.8, 4) is 17.3 Å². The van der Waals surface area contributed by atoms with Crippen LogP contribution < -0.4 is 15.4 Å². The molecule has 0 atom stereocenters. The third-order valence-corrected chi connectivity index (χ3v) is 3.99. The molecule has 8 heteroatoms. The molecule has 0 fully saturated rings. The van der Waals surface area contributed by atoms with Crippen LogP contribution in [0.5, 0.6) is 5.75 Å². The fourth-order valence-electron chi connectivity index (χ4n) is 2.58. The molecule has 150 valence electrons. The third-order valence-electron chi connectivity index (χ3n) is 3.99. The number of benzene rings is 1. The zero-order valence-corrected chi connectivity index (χ0v) is 16.3. The van der Waals surface area contributed by atoms with Crippen molar-refractivity contribution in [1.82, 2.24) is 25.8 Å². The number of ether oxygens (including phenoxy) is 1. The van der Waals surface area contributed by atoms with E-state index in [1.165, 1.54) is 0 Å². The average Bonchev–Trinajstić information content (AvgIpc) is 3.25. The predicted octanol–water partition coefficient (Wildman–Crippen LogP) is 2.60. The van der Waals surface area contributed by atoms with Crippen LogP contribution in [0.15, 0.2) is 70.8 Å². The van der Waals surface area contributed by atoms with Gasteiger partial charge in [-0.3, -0.25) is 9.98 Å². The molecule has 0 aliphatic carbocycles. The maximum absolute atomic E-state index is 5.68. The number of pyridine rings is 1. The highest BCUT2D eigenvalue weighted by atomic mass is 16.5. The summed E-state index contributed by atoms with van der Waals surface area (Å²) in [4.78, 5) is 12.8. The number of nitrogens with one attached hydrogen (secondary N) is 2. The lowest BCUT2D eigenvalue weighted by Crippen LogP contribution is -2.38. The number of aliphatic imine (C=N–C) groups is 1. The lowest BCUT2D eigenvalue weighted by molar-refractivity contribution is 0.358. The van der Waals surface area contributed by atoms with Crippen LogP contribution in [0.1, 0.15) is 11.4 Å². The van der Waals surface area contributed by atoms with Crippen molar-refractivity contribution in [1.29, 1.82) is 0 Å². The van der Waals surface area contributed by atoms with Gasteiger partial charge in [-0.1, -0.05) is 42.1 Å². The van der Waals surface area contributed by atoms with Crippen LogP contribution in [0.3, 0.4) is 0 Å². The Morgan fingerprint density at radius 2 is 2.07 bits per heavy atom. The van der Waals surface area contributed by atoms with Gasteiger partial charge in [0.15, 0.2) is 11.8 Å². The Morgan fingerprint density at radius 1 is 1.21 bits per heavy atom. The normalized spacial score (nSPS) is 11.1. The van der Waals surface area contributed by atoms with Gasteiger partial charge in [-0.25, -0.2) is 0 Å². The zero-order valence-electron chi connectivity index (χ0n) is 16.3. The summed E-state index contributed by atoms with van der Waals surface area (Å²) in [6.45, 7) is 5.34. The van der Waals surface area contributed by atoms with Gasteiger partial charge in [-0.05, 0) is 18.2 Å². The number of hydrogen-bond acceptors (Lipinski definition) is 6. The van der Waals surface area contributed by atoms with E-state index in [1.54, 1.807) is 19.3 Å². The first kappa shape index (κ1) is 20.1. The lowest BCUT2D eigenvalue weighted by atomic mass is 10.2. The molecule has 0 radical (unpaired) electrons. The summed E-state index contributed by atoms with van der Waals surface area (Å²) in [6.07, 6.45) is 4.01. The first-order valence-electron chi connectivity index (χ1n) is 9.30. The third kappa shape index (κ3) is 5.90. The van der Waals surface area contributed by atoms with Gasteiger partial charge in [-0.15, -0.1) is 0 Å². The Bertz CT molecular complexity index is 939. The van der Waals surface area contributed by atoms with E-state index in [9.17, 15) is 0 Å². The molecule has 0 aliphatic rings. The standard InChI is InChI=1S/C21H24N6O2/c1-3-14-28-18-10-5-4-8-16(18)15-25-21(22-2)24-13-11-19-26-20(29-27-19)17-9-6-7-12-23-17/h3-10,12H,1,11,13-15H2,2H3,(H2,22,24,25). The molecule has 2 heterocycles. The van der Waals surface area contributed by atoms with Gasteiger partial charge in [0.1, 0.15) is 18.1 Å². The second kappa shape index (κ2) is 10.6. The van der Waals surface area contributed by atoms with E-state index in [1.807, 2.05) is 42.5 Å². The Kier molecular flexibility index (Phi) is 7.34. The Morgan fingerprint density at radius 3 is 2.86 bits per heavy atom. The second-order valence-corrected chi connectivity index (χ2v) is 6.04. The van der Waals surface area contributed by atoms with E-state index in [2.05, 4.69) is 37.3 Å². The molecule has 0 unspecified atom stereocenters. The number of para-hydroxylation sites is 1. The number of nitrogens with zero attached hydrogens (tertiary/aromatic N) is 4. The number of hydrogen-bond donors (Lipinski definition) is 2. The maximum atomic E-state index is 5.68. The molecule has 0 spiro atoms. The van der Waals surface area contributed by atoms with Crippen LogP contribution >= 0.6 is 0 Å². The molecule has 0 aliphatic heterocycles. The molecule has 3 rings (SSSR count). The minimum atomic E-state index is 0.416. The van der Waals surface area contributed by atoms with Crippen molar-refractivity contribution in [3.63, 3.8) is 0 Å². The summed E-state index contributed by atoms with van der Waals surface area (Å²) < 4.78 is 10.9. The molecule has 29 heavy (non-hydrogen) atoms. The second-order valence-electron chi connectivity index (χ2n) is 6.04. The van der Waals surface area contributed by atoms with E-state index in [0.29, 0.717) is 49.5 Å². The minimum absolute atomic E-state index is 0.416. The fraction of sp³-hybridized carbons (Fsp3) is 0.238. The first-order valence-corrected chi connectivity index (χ1v) is 9.30. The highest BCUT2D eigenvalue weighted by Gasteiger charge is 2.10. The number of aromatic nitrogens is 3. The van der Waals surface area contributed by atoms with Gasteiger partial charge in [0.25, 0.3) is 5.89 Å². The molecule has 3 aromatic rings. The topological polar surface area (TPSA) is 97.5 Å². The molecule has 1 aromatic carbocycles. The monoisotopic (exact) mass is 392 g/mol. The van der Waals surface area contributed by atoms with Crippen molar-refractivity contribution < 1.29 is 9.26 Å². The first-order chi connectivity index (χ1) is 14.3. The van der Waals surface area contributed by atoms with Gasteiger partial charge >= 0.3 is 0 Å². The Balaban J connectivity index is 1.48. The average molecular weight is 392 g/mol. The van der Waals surface area contributed by atoms with Crippen molar-refractivity contribution >= 4 is 5.96 Å². The summed E-state index contributed by atoms with van der Waals surface area (Å²) in [7, 11) is 1.73. The van der Waals surface area contributed by atoms with Gasteiger partial charge in [0, 0.05) is 38.3 Å². The highest BCUT2D eigenvalue weighted by Crippen LogP contribution is 2.17. The van der Waals surface area contributed by atoms with Crippen LogP contribution in [0, 0.1) is 0 Å². The SMILES string of the molecule is C=CCOc1ccccc1CNC(=NC)NCCc1noc(-c2ccccn2)n1. The molecule has 2 aromatic heterocycles. The summed E-state index contributed by atoms with van der Waals surface area (Å²) in [5.74, 6) is 2.53. The van der Waals surface area contributed by atoms with Crippen molar-refractivity contribution in [3.05, 3.63) is 72.7 Å². The largest absolute Gasteiger partial charge is 0.489 e. The predicted molar refractivity (Wildman–Crippen MR) is 112 cm³/mol. The van der Waals surface area contributed by atoms with E-state index < -0.39 is 0 Å². The van der Waals surface area contributed by atoms with Gasteiger partial charge in [0.2, 0.25) is 0 Å². The Hall–Kier alpha value is -3.68. The molecule has 0 saturated heterocycles. The van der Waals surface area contributed by atoms with Crippen LogP contribution in [-0.4, -0.2) is 41.3 Å². The van der Waals surface area contributed by atoms with E-state index in [0.717, 1.165) is 11.3 Å². The van der Waals surface area contributed by atoms with E-state index in [-0.39, 0.29) is 0 Å². The smallest absolute Gasteiger partial charge is 0.276 e. The quantitative estimate of drug-likeness (QED) is 0.328. The number of rotatable bonds is 9. The molecule has 2 N–H and O–H groups in total. The molecule has 8 nitrogen and oxygen atoms in total. The summed E-state index contributed by atoms with van der Waals surface area (Å²) in [5.41, 5.74) is 1.70. The van der Waals surface area contributed by atoms with Crippen molar-refractivity contribution in [2.24, 2.45) is 4.99 Å². The Labute approximate surface area is 169 Å². The number of guanidine groups is 1. The molecular formula is C21H24N6O2. The zero-order chi connectivity index (χ0) is 20.3. The fourth-order valence-corrected chi connectivity index (χ4v) is 2.58. The van der Waals surface area contributed by atoms with Gasteiger partial charge < -0.3 is 19.9 Å². The van der Waals surface area contributed by atoms with Gasteiger partial charge in [-0.2, -0.15) is 4.98 Å². The van der Waals surface area contributed by atoms with E-state index >= 15 is 0 Å². The molecule has 0 amide bonds. The summed E-state index contributed by atoms with van der Waals surface area (Å²) in [5, 5.41) is 10.5. The van der Waals surface area contributed by atoms with Crippen LogP contribution in [0.2, 0.25) is 0 Å². The van der Waals surface area contributed by atoms with Crippen LogP contribution in [-0.2, 0) is 13.0 Å². The highest BCUT2D eigenvalue weighted by molar-refractivity contribution is 5.79. The summed E-state index contributed by atoms with van der Waals surface area (Å²) >= 11 is 0. The maximum Gasteiger partial charge on any atom is 0.276 e.